The minimum absolute atomic E-state index is 0.0343. The molecule has 9 heteroatoms. The SMILES string of the molecule is COCC1CN(CCN2CCN(C(=O)OC(C)(C)C)C(Cc3ccc(C)c(O[Si](c4ccccc4)(c4ccccc4)C(C)(C)C)c3)C2)CCO1. The van der Waals surface area contributed by atoms with Crippen LogP contribution in [0.1, 0.15) is 52.7 Å². The predicted octanol–water partition coefficient (Wildman–Crippen LogP) is 5.74. The maximum absolute atomic E-state index is 13.6. The zero-order chi connectivity index (χ0) is 35.9. The van der Waals surface area contributed by atoms with Crippen molar-refractivity contribution in [3.05, 3.63) is 90.0 Å². The van der Waals surface area contributed by atoms with Gasteiger partial charge in [-0.1, -0.05) is 93.6 Å². The fourth-order valence-corrected chi connectivity index (χ4v) is 11.9. The van der Waals surface area contributed by atoms with Crippen LogP contribution >= 0.6 is 0 Å². The van der Waals surface area contributed by atoms with Crippen LogP contribution in [0.4, 0.5) is 4.79 Å². The van der Waals surface area contributed by atoms with E-state index in [1.807, 2.05) is 25.7 Å². The summed E-state index contributed by atoms with van der Waals surface area (Å²) in [5, 5.41) is 2.34. The van der Waals surface area contributed by atoms with Crippen molar-refractivity contribution >= 4 is 24.8 Å². The number of ether oxygens (including phenoxy) is 3. The fourth-order valence-electron chi connectivity index (χ4n) is 7.38. The molecule has 0 aliphatic carbocycles. The van der Waals surface area contributed by atoms with E-state index in [0.717, 1.165) is 62.8 Å². The molecule has 50 heavy (non-hydrogen) atoms. The van der Waals surface area contributed by atoms with Gasteiger partial charge in [-0.25, -0.2) is 4.79 Å². The highest BCUT2D eigenvalue weighted by Gasteiger charge is 2.52. The first kappa shape index (κ1) is 38.0. The maximum atomic E-state index is 13.6. The van der Waals surface area contributed by atoms with E-state index in [9.17, 15) is 4.79 Å². The Kier molecular flexibility index (Phi) is 12.5. The van der Waals surface area contributed by atoms with Crippen LogP contribution in [0.2, 0.25) is 5.04 Å². The zero-order valence-corrected chi connectivity index (χ0v) is 32.6. The number of rotatable bonds is 11. The van der Waals surface area contributed by atoms with Crippen LogP contribution in [0.3, 0.4) is 0 Å². The monoisotopic (exact) mass is 701 g/mol. The summed E-state index contributed by atoms with van der Waals surface area (Å²) in [5.41, 5.74) is 1.70. The first-order valence-electron chi connectivity index (χ1n) is 18.2. The van der Waals surface area contributed by atoms with Gasteiger partial charge < -0.3 is 23.5 Å². The van der Waals surface area contributed by atoms with Crippen LogP contribution in [0.5, 0.6) is 5.75 Å². The van der Waals surface area contributed by atoms with Gasteiger partial charge in [-0.3, -0.25) is 9.80 Å². The van der Waals surface area contributed by atoms with Crippen LogP contribution < -0.4 is 14.8 Å². The van der Waals surface area contributed by atoms with Crippen molar-refractivity contribution in [2.24, 2.45) is 0 Å². The summed E-state index contributed by atoms with van der Waals surface area (Å²) in [6, 6.07) is 28.1. The van der Waals surface area contributed by atoms with Gasteiger partial charge in [0.2, 0.25) is 0 Å². The molecule has 2 heterocycles. The molecule has 0 aromatic heterocycles. The molecule has 1 amide bonds. The molecule has 2 fully saturated rings. The number of nitrogens with zero attached hydrogens (tertiary/aromatic N) is 3. The van der Waals surface area contributed by atoms with Gasteiger partial charge in [0.1, 0.15) is 11.4 Å². The third kappa shape index (κ3) is 9.36. The van der Waals surface area contributed by atoms with Gasteiger partial charge in [0, 0.05) is 52.9 Å². The molecule has 272 valence electrons. The van der Waals surface area contributed by atoms with Crippen molar-refractivity contribution in [3.63, 3.8) is 0 Å². The van der Waals surface area contributed by atoms with Crippen molar-refractivity contribution < 1.29 is 23.4 Å². The molecule has 3 aromatic carbocycles. The van der Waals surface area contributed by atoms with Crippen LogP contribution in [-0.2, 0) is 20.6 Å². The van der Waals surface area contributed by atoms with Crippen LogP contribution in [0, 0.1) is 6.92 Å². The summed E-state index contributed by atoms with van der Waals surface area (Å²) in [7, 11) is -1.09. The molecule has 2 aliphatic rings. The average Bonchev–Trinajstić information content (AvgIpc) is 3.07. The topological polar surface area (TPSA) is 63.7 Å². The summed E-state index contributed by atoms with van der Waals surface area (Å²) in [5.74, 6) is 0.909. The highest BCUT2D eigenvalue weighted by atomic mass is 28.4. The Balaban J connectivity index is 1.41. The third-order valence-corrected chi connectivity index (χ3v) is 14.8. The molecule has 0 radical (unpaired) electrons. The first-order chi connectivity index (χ1) is 23.8. The van der Waals surface area contributed by atoms with E-state index < -0.39 is 13.9 Å². The number of amides is 1. The van der Waals surface area contributed by atoms with Gasteiger partial charge in [0.15, 0.2) is 0 Å². The molecular formula is C41H59N3O5Si. The van der Waals surface area contributed by atoms with Crippen molar-refractivity contribution in [2.45, 2.75) is 77.7 Å². The Labute approximate surface area is 301 Å². The Bertz CT molecular complexity index is 1480. The number of hydrogen-bond donors (Lipinski definition) is 0. The van der Waals surface area contributed by atoms with Gasteiger partial charge in [0.25, 0.3) is 0 Å². The van der Waals surface area contributed by atoms with Gasteiger partial charge in [0.05, 0.1) is 25.4 Å². The minimum Gasteiger partial charge on any atom is -0.534 e. The molecule has 0 bridgehead atoms. The molecule has 0 spiro atoms. The van der Waals surface area contributed by atoms with Crippen molar-refractivity contribution in [1.29, 1.82) is 0 Å². The lowest BCUT2D eigenvalue weighted by Crippen LogP contribution is -2.68. The second-order valence-corrected chi connectivity index (χ2v) is 20.2. The number of hydrogen-bond acceptors (Lipinski definition) is 7. The van der Waals surface area contributed by atoms with E-state index in [-0.39, 0.29) is 23.3 Å². The number of carbonyl (C=O) groups is 1. The number of piperazine rings is 1. The Hall–Kier alpha value is -3.21. The van der Waals surface area contributed by atoms with E-state index in [0.29, 0.717) is 19.6 Å². The lowest BCUT2D eigenvalue weighted by atomic mass is 10.0. The highest BCUT2D eigenvalue weighted by molar-refractivity contribution is 7.00. The molecule has 3 aromatic rings. The average molecular weight is 702 g/mol. The third-order valence-electron chi connectivity index (χ3n) is 9.91. The number of carbonyl (C=O) groups excluding carboxylic acids is 1. The van der Waals surface area contributed by atoms with Gasteiger partial charge in [-0.2, -0.15) is 0 Å². The zero-order valence-electron chi connectivity index (χ0n) is 31.6. The second-order valence-electron chi connectivity index (χ2n) is 15.9. The van der Waals surface area contributed by atoms with Crippen molar-refractivity contribution in [3.8, 4) is 5.75 Å². The smallest absolute Gasteiger partial charge is 0.410 e. The first-order valence-corrected chi connectivity index (χ1v) is 20.1. The number of methoxy groups -OCH3 is 1. The Morgan fingerprint density at radius 3 is 2.04 bits per heavy atom. The summed E-state index contributed by atoms with van der Waals surface area (Å²) in [6.45, 7) is 22.2. The van der Waals surface area contributed by atoms with Crippen molar-refractivity contribution in [2.75, 3.05) is 66.1 Å². The molecule has 5 rings (SSSR count). The second kappa shape index (κ2) is 16.4. The molecule has 2 saturated heterocycles. The molecule has 0 saturated carbocycles. The van der Waals surface area contributed by atoms with Crippen LogP contribution in [-0.4, -0.2) is 113 Å². The van der Waals surface area contributed by atoms with E-state index in [1.54, 1.807) is 7.11 Å². The Morgan fingerprint density at radius 2 is 1.46 bits per heavy atom. The van der Waals surface area contributed by atoms with E-state index in [2.05, 4.69) is 116 Å². The summed E-state index contributed by atoms with van der Waals surface area (Å²) < 4.78 is 24.6. The molecular weight excluding hydrogens is 643 g/mol. The fraction of sp³-hybridized carbons (Fsp3) is 0.537. The van der Waals surface area contributed by atoms with E-state index >= 15 is 0 Å². The number of aryl methyl sites for hydroxylation is 1. The van der Waals surface area contributed by atoms with E-state index in [4.69, 9.17) is 18.6 Å². The summed E-state index contributed by atoms with van der Waals surface area (Å²) >= 11 is 0. The van der Waals surface area contributed by atoms with E-state index in [1.165, 1.54) is 10.4 Å². The lowest BCUT2D eigenvalue weighted by molar-refractivity contribution is -0.0634. The molecule has 2 unspecified atom stereocenters. The normalized spacial score (nSPS) is 19.7. The van der Waals surface area contributed by atoms with Crippen LogP contribution in [0.25, 0.3) is 0 Å². The molecule has 0 N–H and O–H groups in total. The minimum atomic E-state index is -2.82. The van der Waals surface area contributed by atoms with Crippen LogP contribution in [0.15, 0.2) is 78.9 Å². The molecule has 8 nitrogen and oxygen atoms in total. The number of morpholine rings is 1. The summed E-state index contributed by atoms with van der Waals surface area (Å²) in [4.78, 5) is 20.5. The standard InChI is InChI=1S/C41H59N3O5Si/c1-32-19-20-33(28-38(32)49-50(41(5,6)7,36-15-11-9-12-16-36)37-17-13-10-14-18-37)27-34-29-42(23-24-44(34)39(45)48-40(2,3)4)21-22-43-25-26-47-35(30-43)31-46-8/h9-20,28,34-35H,21-27,29-31H2,1-8H3. The molecule has 2 atom stereocenters. The largest absolute Gasteiger partial charge is 0.534 e. The van der Waals surface area contributed by atoms with Crippen molar-refractivity contribution in [1.82, 2.24) is 14.7 Å². The van der Waals surface area contributed by atoms with Gasteiger partial charge in [-0.05, 0) is 66.7 Å². The number of benzene rings is 3. The maximum Gasteiger partial charge on any atom is 0.410 e. The Morgan fingerprint density at radius 1 is 0.840 bits per heavy atom. The van der Waals surface area contributed by atoms with Gasteiger partial charge in [-0.15, -0.1) is 0 Å². The van der Waals surface area contributed by atoms with Gasteiger partial charge >= 0.3 is 14.4 Å². The molecule has 2 aliphatic heterocycles. The lowest BCUT2D eigenvalue weighted by Gasteiger charge is -2.43. The highest BCUT2D eigenvalue weighted by Crippen LogP contribution is 2.38. The predicted molar refractivity (Wildman–Crippen MR) is 204 cm³/mol. The summed E-state index contributed by atoms with van der Waals surface area (Å²) in [6.07, 6.45) is 0.585. The quantitative estimate of drug-likeness (QED) is 0.236.